The molecule has 0 amide bonds. The van der Waals surface area contributed by atoms with E-state index in [0.29, 0.717) is 0 Å². The lowest BCUT2D eigenvalue weighted by molar-refractivity contribution is 0.284. The summed E-state index contributed by atoms with van der Waals surface area (Å²) in [6, 6.07) is 0. The van der Waals surface area contributed by atoms with Crippen molar-refractivity contribution in [2.24, 2.45) is 11.8 Å². The van der Waals surface area contributed by atoms with Gasteiger partial charge in [-0.25, -0.2) is 0 Å². The minimum absolute atomic E-state index is 0.902. The van der Waals surface area contributed by atoms with Crippen molar-refractivity contribution in [2.45, 2.75) is 78.1 Å². The summed E-state index contributed by atoms with van der Waals surface area (Å²) >= 11 is 0. The van der Waals surface area contributed by atoms with Crippen molar-refractivity contribution in [1.29, 1.82) is 0 Å². The Hall–Kier alpha value is 0. The van der Waals surface area contributed by atoms with Crippen LogP contribution in [0.1, 0.15) is 78.1 Å². The van der Waals surface area contributed by atoms with Gasteiger partial charge in [0.25, 0.3) is 0 Å². The standard InChI is InChI=1S/C16H30/c1-4-9-14(10-5-2)16-13-8-7-12-15(16)11-6-3/h14-15H,1,4-13H2,2-3H3. The zero-order valence-electron chi connectivity index (χ0n) is 11.4. The zero-order valence-corrected chi connectivity index (χ0v) is 11.4. The SMILES string of the molecule is [CH2]CCC(CCC)[C]1CCCCC1CCC. The van der Waals surface area contributed by atoms with Gasteiger partial charge in [0.1, 0.15) is 0 Å². The highest BCUT2D eigenvalue weighted by atomic mass is 14.3. The molecular weight excluding hydrogens is 192 g/mol. The van der Waals surface area contributed by atoms with E-state index in [4.69, 9.17) is 0 Å². The molecule has 0 bridgehead atoms. The Bertz CT molecular complexity index is 153. The van der Waals surface area contributed by atoms with E-state index in [1.54, 1.807) is 0 Å². The number of rotatable bonds is 7. The quantitative estimate of drug-likeness (QED) is 0.527. The van der Waals surface area contributed by atoms with Crippen LogP contribution in [0.15, 0.2) is 0 Å². The van der Waals surface area contributed by atoms with E-state index in [2.05, 4.69) is 20.8 Å². The molecule has 94 valence electrons. The topological polar surface area (TPSA) is 0 Å². The van der Waals surface area contributed by atoms with Crippen LogP contribution in [0.4, 0.5) is 0 Å². The van der Waals surface area contributed by atoms with E-state index in [1.807, 2.05) is 5.92 Å². The molecule has 0 heterocycles. The van der Waals surface area contributed by atoms with Gasteiger partial charge in [0, 0.05) is 0 Å². The van der Waals surface area contributed by atoms with Crippen LogP contribution < -0.4 is 0 Å². The fourth-order valence-electron chi connectivity index (χ4n) is 3.44. The molecule has 1 aliphatic carbocycles. The van der Waals surface area contributed by atoms with E-state index in [1.165, 1.54) is 57.8 Å². The van der Waals surface area contributed by atoms with E-state index in [-0.39, 0.29) is 0 Å². The van der Waals surface area contributed by atoms with Gasteiger partial charge in [-0.2, -0.15) is 0 Å². The minimum Gasteiger partial charge on any atom is -0.0654 e. The molecule has 2 unspecified atom stereocenters. The molecule has 0 heteroatoms. The largest absolute Gasteiger partial charge is 0.0654 e. The van der Waals surface area contributed by atoms with E-state index < -0.39 is 0 Å². The molecule has 2 atom stereocenters. The highest BCUT2D eigenvalue weighted by Crippen LogP contribution is 2.42. The first-order chi connectivity index (χ1) is 7.83. The molecular formula is C16H30. The van der Waals surface area contributed by atoms with Crippen LogP contribution in [0, 0.1) is 24.7 Å². The molecule has 2 radical (unpaired) electrons. The summed E-state index contributed by atoms with van der Waals surface area (Å²) in [7, 11) is 0. The predicted octanol–water partition coefficient (Wildman–Crippen LogP) is 5.58. The maximum atomic E-state index is 4.06. The molecule has 0 aromatic carbocycles. The normalized spacial score (nSPS) is 22.9. The van der Waals surface area contributed by atoms with Gasteiger partial charge in [-0.3, -0.25) is 0 Å². The molecule has 1 aliphatic rings. The first kappa shape index (κ1) is 14.1. The van der Waals surface area contributed by atoms with Crippen LogP contribution in [0.25, 0.3) is 0 Å². The summed E-state index contributed by atoms with van der Waals surface area (Å²) in [6.07, 6.45) is 13.8. The average Bonchev–Trinajstić information content (AvgIpc) is 2.30. The Morgan fingerprint density at radius 2 is 2.00 bits per heavy atom. The van der Waals surface area contributed by atoms with Crippen LogP contribution >= 0.6 is 0 Å². The van der Waals surface area contributed by atoms with Crippen molar-refractivity contribution in [2.75, 3.05) is 0 Å². The average molecular weight is 222 g/mol. The van der Waals surface area contributed by atoms with Crippen LogP contribution in [-0.2, 0) is 0 Å². The van der Waals surface area contributed by atoms with Crippen molar-refractivity contribution < 1.29 is 0 Å². The van der Waals surface area contributed by atoms with Gasteiger partial charge in [0.2, 0.25) is 0 Å². The van der Waals surface area contributed by atoms with Gasteiger partial charge in [0.05, 0.1) is 0 Å². The maximum absolute atomic E-state index is 4.06. The third-order valence-electron chi connectivity index (χ3n) is 4.14. The molecule has 0 aromatic rings. The fraction of sp³-hybridized carbons (Fsp3) is 0.875. The monoisotopic (exact) mass is 222 g/mol. The minimum atomic E-state index is 0.902. The summed E-state index contributed by atoms with van der Waals surface area (Å²) < 4.78 is 0. The summed E-state index contributed by atoms with van der Waals surface area (Å²) in [5, 5.41) is 0. The maximum Gasteiger partial charge on any atom is -0.0179 e. The van der Waals surface area contributed by atoms with Crippen molar-refractivity contribution in [3.63, 3.8) is 0 Å². The fourth-order valence-corrected chi connectivity index (χ4v) is 3.44. The second-order valence-corrected chi connectivity index (χ2v) is 5.43. The molecule has 0 spiro atoms. The lowest BCUT2D eigenvalue weighted by Gasteiger charge is -2.37. The van der Waals surface area contributed by atoms with E-state index in [9.17, 15) is 0 Å². The van der Waals surface area contributed by atoms with Gasteiger partial charge in [0.15, 0.2) is 0 Å². The lowest BCUT2D eigenvalue weighted by Crippen LogP contribution is -2.25. The molecule has 16 heavy (non-hydrogen) atoms. The van der Waals surface area contributed by atoms with Crippen LogP contribution in [-0.4, -0.2) is 0 Å². The Kier molecular flexibility index (Phi) is 7.16. The van der Waals surface area contributed by atoms with Crippen LogP contribution in [0.2, 0.25) is 0 Å². The van der Waals surface area contributed by atoms with Gasteiger partial charge >= 0.3 is 0 Å². The Balaban J connectivity index is 2.54. The van der Waals surface area contributed by atoms with Crippen molar-refractivity contribution >= 4 is 0 Å². The molecule has 0 N–H and O–H groups in total. The third-order valence-corrected chi connectivity index (χ3v) is 4.14. The summed E-state index contributed by atoms with van der Waals surface area (Å²) in [5.74, 6) is 3.79. The van der Waals surface area contributed by atoms with Crippen molar-refractivity contribution in [1.82, 2.24) is 0 Å². The Morgan fingerprint density at radius 3 is 2.62 bits per heavy atom. The molecule has 1 saturated carbocycles. The first-order valence-electron chi connectivity index (χ1n) is 7.48. The van der Waals surface area contributed by atoms with Crippen molar-refractivity contribution in [3.05, 3.63) is 12.8 Å². The molecule has 0 aliphatic heterocycles. The predicted molar refractivity (Wildman–Crippen MR) is 73.1 cm³/mol. The summed E-state index contributed by atoms with van der Waals surface area (Å²) in [5.41, 5.74) is 0. The smallest absolute Gasteiger partial charge is 0.0179 e. The van der Waals surface area contributed by atoms with E-state index >= 15 is 0 Å². The zero-order chi connectivity index (χ0) is 11.8. The van der Waals surface area contributed by atoms with Gasteiger partial charge < -0.3 is 0 Å². The van der Waals surface area contributed by atoms with Gasteiger partial charge in [-0.05, 0) is 37.0 Å². The lowest BCUT2D eigenvalue weighted by atomic mass is 9.68. The third kappa shape index (κ3) is 4.11. The first-order valence-corrected chi connectivity index (χ1v) is 7.48. The van der Waals surface area contributed by atoms with Gasteiger partial charge in [-0.1, -0.05) is 65.7 Å². The molecule has 0 aromatic heterocycles. The van der Waals surface area contributed by atoms with Crippen LogP contribution in [0.5, 0.6) is 0 Å². The summed E-state index contributed by atoms with van der Waals surface area (Å²) in [4.78, 5) is 0. The molecule has 1 fully saturated rings. The number of hydrogen-bond donors (Lipinski definition) is 0. The van der Waals surface area contributed by atoms with Crippen LogP contribution in [0.3, 0.4) is 0 Å². The Labute approximate surface area is 103 Å². The number of hydrogen-bond acceptors (Lipinski definition) is 0. The highest BCUT2D eigenvalue weighted by molar-refractivity contribution is 5.04. The van der Waals surface area contributed by atoms with E-state index in [0.717, 1.165) is 18.3 Å². The Morgan fingerprint density at radius 1 is 1.19 bits per heavy atom. The summed E-state index contributed by atoms with van der Waals surface area (Å²) in [6.45, 7) is 8.72. The molecule has 1 rings (SSSR count). The van der Waals surface area contributed by atoms with Gasteiger partial charge in [-0.15, -0.1) is 0 Å². The van der Waals surface area contributed by atoms with Crippen molar-refractivity contribution in [3.8, 4) is 0 Å². The highest BCUT2D eigenvalue weighted by Gasteiger charge is 2.30. The molecule has 0 saturated heterocycles. The second-order valence-electron chi connectivity index (χ2n) is 5.43. The second kappa shape index (κ2) is 8.14. The molecule has 0 nitrogen and oxygen atoms in total.